The van der Waals surface area contributed by atoms with Gasteiger partial charge in [0.05, 0.1) is 6.61 Å². The molecule has 1 rings (SSSR count). The Morgan fingerprint density at radius 3 is 2.86 bits per heavy atom. The molecule has 1 aromatic heterocycles. The fourth-order valence-electron chi connectivity index (χ4n) is 0.925. The number of hydrogen-bond acceptors (Lipinski definition) is 4. The van der Waals surface area contributed by atoms with E-state index in [9.17, 15) is 0 Å². The minimum atomic E-state index is 0.208. The van der Waals surface area contributed by atoms with Crippen LogP contribution in [-0.2, 0) is 4.74 Å². The fraction of sp³-hybridized carbons (Fsp3) is 0.556. The third kappa shape index (κ3) is 4.39. The Morgan fingerprint density at radius 2 is 2.14 bits per heavy atom. The molecule has 0 aliphatic rings. The zero-order valence-electron chi connectivity index (χ0n) is 8.07. The van der Waals surface area contributed by atoms with Gasteiger partial charge in [0.15, 0.2) is 0 Å². The van der Waals surface area contributed by atoms with Gasteiger partial charge in [-0.1, -0.05) is 0 Å². The van der Waals surface area contributed by atoms with Crippen molar-refractivity contribution in [2.24, 2.45) is 0 Å². The monoisotopic (exact) mass is 216 g/mol. The third-order valence-corrected chi connectivity index (χ3v) is 1.78. The summed E-state index contributed by atoms with van der Waals surface area (Å²) in [6.07, 6.45) is 3.49. The molecule has 1 heterocycles. The van der Waals surface area contributed by atoms with Crippen LogP contribution in [0, 0.1) is 0 Å². The van der Waals surface area contributed by atoms with Gasteiger partial charge in [-0.2, -0.15) is 4.98 Å². The highest BCUT2D eigenvalue weighted by atomic mass is 35.5. The molecule has 0 bridgehead atoms. The van der Waals surface area contributed by atoms with Crippen molar-refractivity contribution >= 4 is 11.6 Å². The van der Waals surface area contributed by atoms with Crippen LogP contribution in [0.1, 0.15) is 12.8 Å². The predicted molar refractivity (Wildman–Crippen MR) is 53.6 cm³/mol. The number of hydrogen-bond donors (Lipinski definition) is 0. The molecule has 0 radical (unpaired) electrons. The summed E-state index contributed by atoms with van der Waals surface area (Å²) in [4.78, 5) is 7.64. The molecular formula is C9H13ClN2O2. The van der Waals surface area contributed by atoms with Crippen molar-refractivity contribution in [3.63, 3.8) is 0 Å². The van der Waals surface area contributed by atoms with Gasteiger partial charge in [0, 0.05) is 26.0 Å². The zero-order valence-corrected chi connectivity index (χ0v) is 8.83. The maximum atomic E-state index is 5.59. The maximum absolute atomic E-state index is 5.59. The molecule has 0 aliphatic carbocycles. The second-order valence-electron chi connectivity index (χ2n) is 2.71. The van der Waals surface area contributed by atoms with Crippen molar-refractivity contribution in [1.82, 2.24) is 9.97 Å². The Balaban J connectivity index is 2.18. The van der Waals surface area contributed by atoms with Crippen LogP contribution < -0.4 is 4.74 Å². The maximum Gasteiger partial charge on any atom is 0.225 e. The van der Waals surface area contributed by atoms with Gasteiger partial charge in [-0.05, 0) is 24.4 Å². The van der Waals surface area contributed by atoms with Gasteiger partial charge in [0.25, 0.3) is 0 Å². The summed E-state index contributed by atoms with van der Waals surface area (Å²) in [6.45, 7) is 1.38. The van der Waals surface area contributed by atoms with Crippen LogP contribution in [0.5, 0.6) is 5.88 Å². The molecular weight excluding hydrogens is 204 g/mol. The van der Waals surface area contributed by atoms with E-state index in [2.05, 4.69) is 9.97 Å². The highest BCUT2D eigenvalue weighted by Crippen LogP contribution is 2.08. The van der Waals surface area contributed by atoms with Gasteiger partial charge in [-0.25, -0.2) is 4.98 Å². The molecule has 0 amide bonds. The number of halogens is 1. The summed E-state index contributed by atoms with van der Waals surface area (Å²) in [6, 6.07) is 1.68. The molecule has 0 saturated carbocycles. The molecule has 0 aliphatic heterocycles. The molecule has 5 heteroatoms. The molecule has 1 aromatic rings. The topological polar surface area (TPSA) is 44.2 Å². The lowest BCUT2D eigenvalue weighted by atomic mass is 10.3. The minimum absolute atomic E-state index is 0.208. The van der Waals surface area contributed by atoms with Crippen LogP contribution in [0.2, 0.25) is 5.28 Å². The quantitative estimate of drug-likeness (QED) is 0.539. The van der Waals surface area contributed by atoms with Gasteiger partial charge in [-0.15, -0.1) is 0 Å². The van der Waals surface area contributed by atoms with E-state index >= 15 is 0 Å². The van der Waals surface area contributed by atoms with E-state index in [1.165, 1.54) is 0 Å². The summed E-state index contributed by atoms with van der Waals surface area (Å²) < 4.78 is 10.3. The molecule has 0 atom stereocenters. The molecule has 0 N–H and O–H groups in total. The molecule has 0 aromatic carbocycles. The summed E-state index contributed by atoms with van der Waals surface area (Å²) in [5.41, 5.74) is 0. The second-order valence-corrected chi connectivity index (χ2v) is 3.05. The van der Waals surface area contributed by atoms with E-state index in [4.69, 9.17) is 21.1 Å². The zero-order chi connectivity index (χ0) is 10.2. The van der Waals surface area contributed by atoms with E-state index < -0.39 is 0 Å². The average Bonchev–Trinajstić information content (AvgIpc) is 2.18. The van der Waals surface area contributed by atoms with Crippen LogP contribution in [-0.4, -0.2) is 30.3 Å². The van der Waals surface area contributed by atoms with Crippen LogP contribution in [0.3, 0.4) is 0 Å². The summed E-state index contributed by atoms with van der Waals surface area (Å²) in [7, 11) is 1.69. The van der Waals surface area contributed by atoms with Crippen molar-refractivity contribution in [3.8, 4) is 5.88 Å². The largest absolute Gasteiger partial charge is 0.478 e. The lowest BCUT2D eigenvalue weighted by Crippen LogP contribution is -2.01. The number of ether oxygens (including phenoxy) is 2. The summed E-state index contributed by atoms with van der Waals surface area (Å²) >= 11 is 5.59. The number of rotatable bonds is 6. The summed E-state index contributed by atoms with van der Waals surface area (Å²) in [5.74, 6) is 0.516. The molecule has 0 saturated heterocycles. The average molecular weight is 217 g/mol. The Kier molecular flexibility index (Phi) is 5.25. The molecule has 0 unspecified atom stereocenters. The second kappa shape index (κ2) is 6.56. The van der Waals surface area contributed by atoms with Crippen LogP contribution in [0.15, 0.2) is 12.3 Å². The standard InChI is InChI=1S/C9H13ClN2O2/c1-13-6-2-3-7-14-8-4-5-11-9(10)12-8/h4-5H,2-3,6-7H2,1H3. The lowest BCUT2D eigenvalue weighted by molar-refractivity contribution is 0.183. The first-order chi connectivity index (χ1) is 6.83. The van der Waals surface area contributed by atoms with Crippen molar-refractivity contribution in [2.75, 3.05) is 20.3 Å². The van der Waals surface area contributed by atoms with Gasteiger partial charge < -0.3 is 9.47 Å². The summed E-state index contributed by atoms with van der Waals surface area (Å²) in [5, 5.41) is 0.208. The first kappa shape index (κ1) is 11.2. The van der Waals surface area contributed by atoms with Crippen molar-refractivity contribution in [2.45, 2.75) is 12.8 Å². The number of nitrogens with zero attached hydrogens (tertiary/aromatic N) is 2. The molecule has 4 nitrogen and oxygen atoms in total. The SMILES string of the molecule is COCCCCOc1ccnc(Cl)n1. The molecule has 14 heavy (non-hydrogen) atoms. The van der Waals surface area contributed by atoms with Crippen molar-refractivity contribution in [1.29, 1.82) is 0 Å². The van der Waals surface area contributed by atoms with E-state index in [1.54, 1.807) is 19.4 Å². The fourth-order valence-corrected chi connectivity index (χ4v) is 1.06. The minimum Gasteiger partial charge on any atom is -0.478 e. The highest BCUT2D eigenvalue weighted by molar-refractivity contribution is 6.28. The highest BCUT2D eigenvalue weighted by Gasteiger charge is 1.96. The Labute approximate surface area is 88.2 Å². The van der Waals surface area contributed by atoms with E-state index in [0.29, 0.717) is 12.5 Å². The lowest BCUT2D eigenvalue weighted by Gasteiger charge is -2.04. The van der Waals surface area contributed by atoms with E-state index in [0.717, 1.165) is 19.4 Å². The number of methoxy groups -OCH3 is 1. The van der Waals surface area contributed by atoms with E-state index in [1.807, 2.05) is 0 Å². The van der Waals surface area contributed by atoms with Crippen molar-refractivity contribution in [3.05, 3.63) is 17.5 Å². The first-order valence-electron chi connectivity index (χ1n) is 4.43. The van der Waals surface area contributed by atoms with Crippen LogP contribution in [0.4, 0.5) is 0 Å². The molecule has 78 valence electrons. The Morgan fingerprint density at radius 1 is 1.36 bits per heavy atom. The molecule has 0 spiro atoms. The van der Waals surface area contributed by atoms with Gasteiger partial charge in [0.2, 0.25) is 11.2 Å². The Hall–Kier alpha value is -0.870. The number of unbranched alkanes of at least 4 members (excludes halogenated alkanes) is 1. The van der Waals surface area contributed by atoms with Crippen LogP contribution >= 0.6 is 11.6 Å². The molecule has 0 fully saturated rings. The smallest absolute Gasteiger partial charge is 0.225 e. The third-order valence-electron chi connectivity index (χ3n) is 1.59. The number of aromatic nitrogens is 2. The van der Waals surface area contributed by atoms with Gasteiger partial charge in [-0.3, -0.25) is 0 Å². The first-order valence-corrected chi connectivity index (χ1v) is 4.81. The Bertz CT molecular complexity index is 271. The van der Waals surface area contributed by atoms with Gasteiger partial charge in [0.1, 0.15) is 0 Å². The predicted octanol–water partition coefficient (Wildman–Crippen LogP) is 1.94. The van der Waals surface area contributed by atoms with Crippen molar-refractivity contribution < 1.29 is 9.47 Å². The normalized spacial score (nSPS) is 10.1. The van der Waals surface area contributed by atoms with E-state index in [-0.39, 0.29) is 5.28 Å². The van der Waals surface area contributed by atoms with Crippen LogP contribution in [0.25, 0.3) is 0 Å². The van der Waals surface area contributed by atoms with Gasteiger partial charge >= 0.3 is 0 Å².